The molecule has 19 heavy (non-hydrogen) atoms. The SMILES string of the molecule is Fc1ccccc1CC(CCl)Cc1cccc(Br)c1. The van der Waals surface area contributed by atoms with Gasteiger partial charge in [-0.3, -0.25) is 0 Å². The Morgan fingerprint density at radius 2 is 1.84 bits per heavy atom. The fourth-order valence-electron chi connectivity index (χ4n) is 2.15. The minimum atomic E-state index is -0.146. The van der Waals surface area contributed by atoms with Crippen LogP contribution in [-0.4, -0.2) is 5.88 Å². The maximum Gasteiger partial charge on any atom is 0.126 e. The van der Waals surface area contributed by atoms with E-state index in [1.165, 1.54) is 11.6 Å². The molecule has 0 bridgehead atoms. The van der Waals surface area contributed by atoms with Crippen molar-refractivity contribution in [3.63, 3.8) is 0 Å². The van der Waals surface area contributed by atoms with Gasteiger partial charge in [0.05, 0.1) is 0 Å². The van der Waals surface area contributed by atoms with Gasteiger partial charge >= 0.3 is 0 Å². The molecule has 0 aliphatic carbocycles. The summed E-state index contributed by atoms with van der Waals surface area (Å²) in [5.74, 6) is 0.626. The van der Waals surface area contributed by atoms with Crippen LogP contribution in [0.2, 0.25) is 0 Å². The van der Waals surface area contributed by atoms with Gasteiger partial charge in [-0.1, -0.05) is 46.3 Å². The van der Waals surface area contributed by atoms with E-state index >= 15 is 0 Å². The van der Waals surface area contributed by atoms with Crippen LogP contribution in [-0.2, 0) is 12.8 Å². The highest BCUT2D eigenvalue weighted by Gasteiger charge is 2.12. The van der Waals surface area contributed by atoms with Crippen molar-refractivity contribution in [3.05, 3.63) is 69.9 Å². The Balaban J connectivity index is 2.07. The molecule has 1 atom stereocenters. The standard InChI is InChI=1S/C16H15BrClF/c17-15-6-3-4-12(10-15)8-13(11-18)9-14-5-1-2-7-16(14)19/h1-7,10,13H,8-9,11H2. The van der Waals surface area contributed by atoms with Crippen LogP contribution >= 0.6 is 27.5 Å². The normalized spacial score (nSPS) is 12.4. The van der Waals surface area contributed by atoms with Gasteiger partial charge in [-0.2, -0.15) is 0 Å². The lowest BCUT2D eigenvalue weighted by atomic mass is 9.94. The molecule has 0 aliphatic rings. The Labute approximate surface area is 126 Å². The molecule has 3 heteroatoms. The zero-order valence-electron chi connectivity index (χ0n) is 10.5. The Morgan fingerprint density at radius 3 is 2.53 bits per heavy atom. The van der Waals surface area contributed by atoms with Crippen molar-refractivity contribution in [2.24, 2.45) is 5.92 Å². The molecule has 2 aromatic rings. The van der Waals surface area contributed by atoms with E-state index in [0.29, 0.717) is 12.3 Å². The smallest absolute Gasteiger partial charge is 0.126 e. The summed E-state index contributed by atoms with van der Waals surface area (Å²) in [6.45, 7) is 0. The van der Waals surface area contributed by atoms with Gasteiger partial charge in [-0.05, 0) is 48.1 Å². The highest BCUT2D eigenvalue weighted by Crippen LogP contribution is 2.20. The molecule has 2 aromatic carbocycles. The molecular formula is C16H15BrClF. The lowest BCUT2D eigenvalue weighted by molar-refractivity contribution is 0.546. The predicted octanol–water partition coefficient (Wildman–Crippen LogP) is 5.23. The van der Waals surface area contributed by atoms with Crippen LogP contribution in [0.25, 0.3) is 0 Å². The fraction of sp³-hybridized carbons (Fsp3) is 0.250. The van der Waals surface area contributed by atoms with E-state index in [0.717, 1.165) is 16.5 Å². The Bertz CT molecular complexity index is 542. The van der Waals surface area contributed by atoms with Gasteiger partial charge in [0, 0.05) is 10.4 Å². The Hall–Kier alpha value is -0.860. The zero-order valence-corrected chi connectivity index (χ0v) is 12.8. The molecule has 100 valence electrons. The second kappa shape index (κ2) is 7.06. The molecule has 0 heterocycles. The molecule has 2 rings (SSSR count). The zero-order chi connectivity index (χ0) is 13.7. The van der Waals surface area contributed by atoms with Crippen molar-refractivity contribution in [2.45, 2.75) is 12.8 Å². The summed E-state index contributed by atoms with van der Waals surface area (Å²) in [4.78, 5) is 0. The quantitative estimate of drug-likeness (QED) is 0.653. The number of benzene rings is 2. The van der Waals surface area contributed by atoms with E-state index in [2.05, 4.69) is 28.1 Å². The molecular weight excluding hydrogens is 327 g/mol. The summed E-state index contributed by atoms with van der Waals surface area (Å²) in [5.41, 5.74) is 1.96. The van der Waals surface area contributed by atoms with Gasteiger partial charge in [0.25, 0.3) is 0 Å². The van der Waals surface area contributed by atoms with Gasteiger partial charge in [0.15, 0.2) is 0 Å². The van der Waals surface area contributed by atoms with Crippen LogP contribution in [0.4, 0.5) is 4.39 Å². The molecule has 0 saturated carbocycles. The molecule has 0 aromatic heterocycles. The van der Waals surface area contributed by atoms with E-state index in [-0.39, 0.29) is 11.7 Å². The largest absolute Gasteiger partial charge is 0.207 e. The van der Waals surface area contributed by atoms with Crippen LogP contribution < -0.4 is 0 Å². The van der Waals surface area contributed by atoms with Crippen LogP contribution in [0, 0.1) is 11.7 Å². The third kappa shape index (κ3) is 4.32. The highest BCUT2D eigenvalue weighted by atomic mass is 79.9. The molecule has 0 nitrogen and oxygen atoms in total. The summed E-state index contributed by atoms with van der Waals surface area (Å²) < 4.78 is 14.7. The highest BCUT2D eigenvalue weighted by molar-refractivity contribution is 9.10. The molecule has 1 unspecified atom stereocenters. The summed E-state index contributed by atoms with van der Waals surface area (Å²) in [6.07, 6.45) is 1.53. The second-order valence-electron chi connectivity index (χ2n) is 4.65. The van der Waals surface area contributed by atoms with Crippen LogP contribution in [0.5, 0.6) is 0 Å². The molecule has 0 radical (unpaired) electrons. The monoisotopic (exact) mass is 340 g/mol. The summed E-state index contributed by atoms with van der Waals surface area (Å²) >= 11 is 9.48. The van der Waals surface area contributed by atoms with Gasteiger partial charge in [-0.15, -0.1) is 11.6 Å². The van der Waals surface area contributed by atoms with Crippen LogP contribution in [0.3, 0.4) is 0 Å². The van der Waals surface area contributed by atoms with E-state index in [1.807, 2.05) is 24.3 Å². The summed E-state index contributed by atoms with van der Waals surface area (Å²) in [5, 5.41) is 0. The van der Waals surface area contributed by atoms with Crippen molar-refractivity contribution in [1.29, 1.82) is 0 Å². The molecule has 0 amide bonds. The van der Waals surface area contributed by atoms with E-state index < -0.39 is 0 Å². The first-order valence-corrected chi connectivity index (χ1v) is 7.55. The third-order valence-corrected chi connectivity index (χ3v) is 4.03. The van der Waals surface area contributed by atoms with E-state index in [4.69, 9.17) is 11.6 Å². The average Bonchev–Trinajstić information content (AvgIpc) is 2.40. The molecule has 0 saturated heterocycles. The van der Waals surface area contributed by atoms with E-state index in [1.54, 1.807) is 6.07 Å². The van der Waals surface area contributed by atoms with Crippen molar-refractivity contribution < 1.29 is 4.39 Å². The Morgan fingerprint density at radius 1 is 1.05 bits per heavy atom. The number of rotatable bonds is 5. The van der Waals surface area contributed by atoms with Gasteiger partial charge < -0.3 is 0 Å². The minimum Gasteiger partial charge on any atom is -0.207 e. The topological polar surface area (TPSA) is 0 Å². The lowest BCUT2D eigenvalue weighted by Gasteiger charge is -2.14. The van der Waals surface area contributed by atoms with E-state index in [9.17, 15) is 4.39 Å². The first kappa shape index (κ1) is 14.5. The molecule has 0 spiro atoms. The van der Waals surface area contributed by atoms with Gasteiger partial charge in [0.2, 0.25) is 0 Å². The number of halogens is 3. The Kier molecular flexibility index (Phi) is 5.41. The maximum atomic E-state index is 13.6. The number of alkyl halides is 1. The van der Waals surface area contributed by atoms with Crippen molar-refractivity contribution in [2.75, 3.05) is 5.88 Å². The first-order chi connectivity index (χ1) is 9.19. The van der Waals surface area contributed by atoms with Crippen molar-refractivity contribution in [3.8, 4) is 0 Å². The second-order valence-corrected chi connectivity index (χ2v) is 5.87. The molecule has 0 N–H and O–H groups in total. The summed E-state index contributed by atoms with van der Waals surface area (Å²) in [6, 6.07) is 15.1. The first-order valence-electron chi connectivity index (χ1n) is 6.23. The van der Waals surface area contributed by atoms with Crippen molar-refractivity contribution in [1.82, 2.24) is 0 Å². The van der Waals surface area contributed by atoms with Gasteiger partial charge in [-0.25, -0.2) is 4.39 Å². The number of hydrogen-bond donors (Lipinski definition) is 0. The minimum absolute atomic E-state index is 0.146. The average molecular weight is 342 g/mol. The lowest BCUT2D eigenvalue weighted by Crippen LogP contribution is -2.11. The predicted molar refractivity (Wildman–Crippen MR) is 82.2 cm³/mol. The van der Waals surface area contributed by atoms with Crippen LogP contribution in [0.15, 0.2) is 53.0 Å². The molecule has 0 fully saturated rings. The summed E-state index contributed by atoms with van der Waals surface area (Å²) in [7, 11) is 0. The maximum absolute atomic E-state index is 13.6. The third-order valence-electron chi connectivity index (χ3n) is 3.10. The van der Waals surface area contributed by atoms with Gasteiger partial charge in [0.1, 0.15) is 5.82 Å². The fourth-order valence-corrected chi connectivity index (χ4v) is 2.82. The van der Waals surface area contributed by atoms with Crippen LogP contribution in [0.1, 0.15) is 11.1 Å². The van der Waals surface area contributed by atoms with Crippen molar-refractivity contribution >= 4 is 27.5 Å². The molecule has 0 aliphatic heterocycles. The number of hydrogen-bond acceptors (Lipinski definition) is 0.